The Morgan fingerprint density at radius 3 is 2.31 bits per heavy atom. The molecule has 2 aromatic rings. The Morgan fingerprint density at radius 2 is 1.65 bits per heavy atom. The van der Waals surface area contributed by atoms with Gasteiger partial charge in [0, 0.05) is 37.6 Å². The summed E-state index contributed by atoms with van der Waals surface area (Å²) in [6.45, 7) is 4.62. The third-order valence-corrected chi connectivity index (χ3v) is 4.79. The summed E-state index contributed by atoms with van der Waals surface area (Å²) < 4.78 is 5.27. The van der Waals surface area contributed by atoms with Crippen LogP contribution in [-0.4, -0.2) is 60.4 Å². The fourth-order valence-electron chi connectivity index (χ4n) is 3.32. The molecule has 2 saturated heterocycles. The molecule has 0 spiro atoms. The number of aromatic nitrogens is 2. The van der Waals surface area contributed by atoms with E-state index in [1.165, 1.54) is 18.5 Å². The Kier molecular flexibility index (Phi) is 4.97. The molecule has 0 bridgehead atoms. The fraction of sp³-hybridized carbons (Fsp3) is 0.421. The molecule has 0 saturated carbocycles. The van der Waals surface area contributed by atoms with Gasteiger partial charge in [0.1, 0.15) is 0 Å². The van der Waals surface area contributed by atoms with Crippen molar-refractivity contribution in [3.63, 3.8) is 0 Å². The van der Waals surface area contributed by atoms with Crippen molar-refractivity contribution in [1.82, 2.24) is 15.1 Å². The number of nitrogens with zero attached hydrogens (tertiary/aromatic N) is 4. The number of amides is 1. The molecule has 2 aliphatic rings. The maximum atomic E-state index is 12.4. The van der Waals surface area contributed by atoms with E-state index in [2.05, 4.69) is 32.5 Å². The van der Waals surface area contributed by atoms with Gasteiger partial charge < -0.3 is 19.9 Å². The molecular weight excluding hydrogens is 330 g/mol. The number of rotatable bonds is 4. The molecule has 1 aromatic carbocycles. The number of hydrogen-bond donors (Lipinski definition) is 1. The minimum Gasteiger partial charge on any atom is -0.378 e. The molecular formula is C19H23N5O2. The number of anilines is 3. The predicted octanol–water partition coefficient (Wildman–Crippen LogP) is 2.29. The molecule has 26 heavy (non-hydrogen) atoms. The van der Waals surface area contributed by atoms with Crippen LogP contribution < -0.4 is 10.2 Å². The largest absolute Gasteiger partial charge is 0.378 e. The van der Waals surface area contributed by atoms with E-state index in [1.54, 1.807) is 17.0 Å². The molecule has 4 rings (SSSR count). The van der Waals surface area contributed by atoms with Crippen LogP contribution in [0.25, 0.3) is 0 Å². The highest BCUT2D eigenvalue weighted by atomic mass is 16.5. The summed E-state index contributed by atoms with van der Waals surface area (Å²) in [5.41, 5.74) is 2.57. The molecule has 0 radical (unpaired) electrons. The molecule has 0 unspecified atom stereocenters. The van der Waals surface area contributed by atoms with Gasteiger partial charge >= 0.3 is 0 Å². The Bertz CT molecular complexity index is 736. The molecule has 7 heteroatoms. The number of morpholine rings is 1. The third-order valence-electron chi connectivity index (χ3n) is 4.79. The van der Waals surface area contributed by atoms with E-state index in [1.807, 2.05) is 12.1 Å². The summed E-state index contributed by atoms with van der Waals surface area (Å²) in [6.07, 6.45) is 2.54. The van der Waals surface area contributed by atoms with Gasteiger partial charge in [0.15, 0.2) is 11.5 Å². The SMILES string of the molecule is O=C(c1ccc(Nc2ccc(N3CCCC3)cc2)nn1)N1CCOCC1. The first kappa shape index (κ1) is 16.8. The average Bonchev–Trinajstić information content (AvgIpc) is 3.24. The zero-order valence-corrected chi connectivity index (χ0v) is 14.7. The monoisotopic (exact) mass is 353 g/mol. The minimum absolute atomic E-state index is 0.0951. The highest BCUT2D eigenvalue weighted by molar-refractivity contribution is 5.92. The van der Waals surface area contributed by atoms with Crippen LogP contribution in [0.15, 0.2) is 36.4 Å². The lowest BCUT2D eigenvalue weighted by Crippen LogP contribution is -2.41. The smallest absolute Gasteiger partial charge is 0.274 e. The van der Waals surface area contributed by atoms with Crippen LogP contribution in [-0.2, 0) is 4.74 Å². The normalized spacial score (nSPS) is 17.4. The van der Waals surface area contributed by atoms with E-state index in [4.69, 9.17) is 4.74 Å². The number of ether oxygens (including phenoxy) is 1. The van der Waals surface area contributed by atoms with Gasteiger partial charge in [-0.15, -0.1) is 10.2 Å². The van der Waals surface area contributed by atoms with Crippen LogP contribution in [0.2, 0.25) is 0 Å². The van der Waals surface area contributed by atoms with E-state index in [-0.39, 0.29) is 5.91 Å². The van der Waals surface area contributed by atoms with Crippen LogP contribution >= 0.6 is 0 Å². The van der Waals surface area contributed by atoms with Crippen LogP contribution in [0.4, 0.5) is 17.2 Å². The van der Waals surface area contributed by atoms with Crippen molar-refractivity contribution in [3.8, 4) is 0 Å². The van der Waals surface area contributed by atoms with Crippen LogP contribution in [0.5, 0.6) is 0 Å². The first-order valence-corrected chi connectivity index (χ1v) is 9.12. The molecule has 1 amide bonds. The van der Waals surface area contributed by atoms with Gasteiger partial charge in [0.2, 0.25) is 0 Å². The Hall–Kier alpha value is -2.67. The second-order valence-corrected chi connectivity index (χ2v) is 6.57. The molecule has 3 heterocycles. The summed E-state index contributed by atoms with van der Waals surface area (Å²) >= 11 is 0. The van der Waals surface area contributed by atoms with Gasteiger partial charge in [0.05, 0.1) is 13.2 Å². The van der Waals surface area contributed by atoms with Crippen molar-refractivity contribution in [2.24, 2.45) is 0 Å². The van der Waals surface area contributed by atoms with Crippen molar-refractivity contribution >= 4 is 23.1 Å². The Balaban J connectivity index is 1.38. The number of benzene rings is 1. The Morgan fingerprint density at radius 1 is 0.923 bits per heavy atom. The van der Waals surface area contributed by atoms with Crippen molar-refractivity contribution in [2.45, 2.75) is 12.8 Å². The molecule has 7 nitrogen and oxygen atoms in total. The summed E-state index contributed by atoms with van der Waals surface area (Å²) in [7, 11) is 0. The van der Waals surface area contributed by atoms with E-state index < -0.39 is 0 Å². The van der Waals surface area contributed by atoms with Gasteiger partial charge in [-0.1, -0.05) is 0 Å². The topological polar surface area (TPSA) is 70.6 Å². The van der Waals surface area contributed by atoms with E-state index in [9.17, 15) is 4.79 Å². The predicted molar refractivity (Wildman–Crippen MR) is 99.9 cm³/mol. The summed E-state index contributed by atoms with van der Waals surface area (Å²) in [5, 5.41) is 11.4. The highest BCUT2D eigenvalue weighted by Gasteiger charge is 2.20. The fourth-order valence-corrected chi connectivity index (χ4v) is 3.32. The van der Waals surface area contributed by atoms with Gasteiger partial charge in [-0.25, -0.2) is 0 Å². The molecule has 1 aromatic heterocycles. The molecule has 136 valence electrons. The second-order valence-electron chi connectivity index (χ2n) is 6.57. The number of hydrogen-bond acceptors (Lipinski definition) is 6. The summed E-state index contributed by atoms with van der Waals surface area (Å²) in [4.78, 5) is 16.5. The molecule has 2 fully saturated rings. The second kappa shape index (κ2) is 7.70. The van der Waals surface area contributed by atoms with Crippen molar-refractivity contribution in [2.75, 3.05) is 49.6 Å². The lowest BCUT2D eigenvalue weighted by molar-refractivity contribution is 0.0298. The third kappa shape index (κ3) is 3.77. The first-order chi connectivity index (χ1) is 12.8. The molecule has 0 aliphatic carbocycles. The van der Waals surface area contributed by atoms with Crippen molar-refractivity contribution < 1.29 is 9.53 Å². The van der Waals surface area contributed by atoms with Gasteiger partial charge in [0.25, 0.3) is 5.91 Å². The van der Waals surface area contributed by atoms with Crippen LogP contribution in [0, 0.1) is 0 Å². The standard InChI is InChI=1S/C19H23N5O2/c25-19(24-11-13-26-14-12-24)17-7-8-18(22-21-17)20-15-3-5-16(6-4-15)23-9-1-2-10-23/h3-8H,1-2,9-14H2,(H,20,22). The zero-order valence-electron chi connectivity index (χ0n) is 14.7. The molecule has 2 aliphatic heterocycles. The quantitative estimate of drug-likeness (QED) is 0.909. The number of carbonyl (C=O) groups excluding carboxylic acids is 1. The van der Waals surface area contributed by atoms with E-state index in [0.717, 1.165) is 18.8 Å². The molecule has 1 N–H and O–H groups in total. The van der Waals surface area contributed by atoms with Gasteiger partial charge in [-0.2, -0.15) is 0 Å². The zero-order chi connectivity index (χ0) is 17.8. The van der Waals surface area contributed by atoms with E-state index in [0.29, 0.717) is 37.8 Å². The number of carbonyl (C=O) groups is 1. The average molecular weight is 353 g/mol. The summed E-state index contributed by atoms with van der Waals surface area (Å²) in [5.74, 6) is 0.528. The first-order valence-electron chi connectivity index (χ1n) is 9.12. The van der Waals surface area contributed by atoms with Crippen LogP contribution in [0.3, 0.4) is 0 Å². The van der Waals surface area contributed by atoms with Gasteiger partial charge in [-0.3, -0.25) is 4.79 Å². The van der Waals surface area contributed by atoms with Crippen molar-refractivity contribution in [3.05, 3.63) is 42.1 Å². The lowest BCUT2D eigenvalue weighted by atomic mass is 10.2. The van der Waals surface area contributed by atoms with Crippen LogP contribution in [0.1, 0.15) is 23.3 Å². The number of nitrogens with one attached hydrogen (secondary N) is 1. The maximum absolute atomic E-state index is 12.4. The minimum atomic E-state index is -0.0951. The van der Waals surface area contributed by atoms with Crippen molar-refractivity contribution in [1.29, 1.82) is 0 Å². The van der Waals surface area contributed by atoms with Gasteiger partial charge in [-0.05, 0) is 49.2 Å². The maximum Gasteiger partial charge on any atom is 0.274 e. The molecule has 0 atom stereocenters. The summed E-state index contributed by atoms with van der Waals surface area (Å²) in [6, 6.07) is 11.8. The lowest BCUT2D eigenvalue weighted by Gasteiger charge is -2.26. The Labute approximate surface area is 153 Å². The van der Waals surface area contributed by atoms with E-state index >= 15 is 0 Å². The highest BCUT2D eigenvalue weighted by Crippen LogP contribution is 2.23.